The van der Waals surface area contributed by atoms with E-state index >= 15 is 0 Å². The summed E-state index contributed by atoms with van der Waals surface area (Å²) in [6.07, 6.45) is 1.39. The summed E-state index contributed by atoms with van der Waals surface area (Å²) in [5.41, 5.74) is -2.74. The molecule has 0 aromatic carbocycles. The topological polar surface area (TPSA) is 290 Å². The van der Waals surface area contributed by atoms with Gasteiger partial charge in [-0.1, -0.05) is 27.7 Å². The summed E-state index contributed by atoms with van der Waals surface area (Å²) in [5.74, 6) is -11.2. The number of fused-ring (bicyclic) bond motifs is 2. The number of rotatable bonds is 8. The van der Waals surface area contributed by atoms with Crippen LogP contribution in [0.4, 0.5) is 0 Å². The second-order valence-electron chi connectivity index (χ2n) is 16.6. The summed E-state index contributed by atoms with van der Waals surface area (Å²) in [5, 5.41) is 60.0. The molecule has 0 unspecified atom stereocenters. The highest BCUT2D eigenvalue weighted by molar-refractivity contribution is 5.97. The number of carbonyl (C=O) groups excluding carboxylic acids is 7. The van der Waals surface area contributed by atoms with E-state index in [1.165, 1.54) is 33.4 Å². The molecule has 0 radical (unpaired) electrons. The van der Waals surface area contributed by atoms with Crippen molar-refractivity contribution in [3.63, 3.8) is 0 Å². The van der Waals surface area contributed by atoms with E-state index in [9.17, 15) is 54.2 Å². The van der Waals surface area contributed by atoms with Crippen molar-refractivity contribution in [2.24, 2.45) is 28.0 Å². The van der Waals surface area contributed by atoms with Crippen molar-refractivity contribution >= 4 is 53.8 Å². The van der Waals surface area contributed by atoms with Gasteiger partial charge in [0.25, 0.3) is 29.5 Å². The number of cyclic esters (lactones) is 1. The Morgan fingerprint density at radius 2 is 1.55 bits per heavy atom. The van der Waals surface area contributed by atoms with E-state index in [2.05, 4.69) is 20.8 Å². The molecule has 10 atom stereocenters. The molecule has 22 heteroatoms. The molecule has 0 aliphatic carbocycles. The van der Waals surface area contributed by atoms with Crippen LogP contribution < -0.4 is 10.6 Å². The summed E-state index contributed by atoms with van der Waals surface area (Å²) >= 11 is 0. The van der Waals surface area contributed by atoms with Crippen LogP contribution in [0.15, 0.2) is 10.2 Å². The van der Waals surface area contributed by atoms with Gasteiger partial charge in [0.2, 0.25) is 11.7 Å². The number of carbonyl (C=O) groups is 7. The first-order valence-corrected chi connectivity index (χ1v) is 20.2. The Hall–Kier alpha value is -4.61. The summed E-state index contributed by atoms with van der Waals surface area (Å²) in [6.45, 7) is 9.51. The van der Waals surface area contributed by atoms with Gasteiger partial charge in [0.05, 0.1) is 19.3 Å². The number of nitrogens with one attached hydrogen (secondary N) is 2. The zero-order valence-corrected chi connectivity index (χ0v) is 35.3. The Morgan fingerprint density at radius 1 is 0.967 bits per heavy atom. The number of hydrazone groups is 2. The van der Waals surface area contributed by atoms with Crippen LogP contribution in [-0.2, 0) is 47.8 Å². The molecular formula is C38H60N8O14. The van der Waals surface area contributed by atoms with Gasteiger partial charge in [-0.15, -0.1) is 0 Å². The highest BCUT2D eigenvalue weighted by atomic mass is 16.6. The number of hydroxylamine groups is 4. The van der Waals surface area contributed by atoms with Gasteiger partial charge in [-0.05, 0) is 77.0 Å². The SMILES string of the molecule is COC[C@H]1C(=O)NCC(=O)N2N=CCC[C@H]2C(=O)N(O)[C@H](C)C(=O)O[C@@H](C(C)C)[C@H](NC(=O)[C@](C)(O)[C@]2(O)CC[C@@H](CC(C)C)[C@H](C)O2)C(=O)N2N=CCC[C@@H]2C(=O)N1O. The second-order valence-corrected chi connectivity index (χ2v) is 16.6. The van der Waals surface area contributed by atoms with E-state index in [-0.39, 0.29) is 48.1 Å². The molecule has 6 N–H and O–H groups in total. The number of aliphatic hydroxyl groups is 2. The molecule has 4 aliphatic heterocycles. The summed E-state index contributed by atoms with van der Waals surface area (Å²) in [6, 6.07) is -8.65. The minimum atomic E-state index is -2.74. The predicted octanol–water partition coefficient (Wildman–Crippen LogP) is -0.738. The normalized spacial score (nSPS) is 32.8. The minimum absolute atomic E-state index is 0.00281. The predicted molar refractivity (Wildman–Crippen MR) is 207 cm³/mol. The molecule has 336 valence electrons. The lowest BCUT2D eigenvalue weighted by molar-refractivity contribution is -0.326. The number of amides is 6. The zero-order chi connectivity index (χ0) is 44.9. The van der Waals surface area contributed by atoms with Crippen LogP contribution in [0.3, 0.4) is 0 Å². The third-order valence-electron chi connectivity index (χ3n) is 11.4. The molecule has 2 saturated heterocycles. The van der Waals surface area contributed by atoms with Crippen molar-refractivity contribution in [2.75, 3.05) is 20.3 Å². The van der Waals surface area contributed by atoms with Gasteiger partial charge >= 0.3 is 5.97 Å². The fraction of sp³-hybridized carbons (Fsp3) is 0.763. The zero-order valence-electron chi connectivity index (χ0n) is 35.3. The lowest BCUT2D eigenvalue weighted by Gasteiger charge is -2.47. The van der Waals surface area contributed by atoms with E-state index in [1.807, 2.05) is 13.8 Å². The quantitative estimate of drug-likeness (QED) is 0.130. The first-order chi connectivity index (χ1) is 28.1. The maximum atomic E-state index is 14.8. The Balaban J connectivity index is 1.80. The molecule has 2 fully saturated rings. The van der Waals surface area contributed by atoms with E-state index in [0.717, 1.165) is 25.3 Å². The molecule has 22 nitrogen and oxygen atoms in total. The van der Waals surface area contributed by atoms with Crippen molar-refractivity contribution < 1.29 is 68.4 Å². The largest absolute Gasteiger partial charge is 0.458 e. The number of methoxy groups -OCH3 is 1. The smallest absolute Gasteiger partial charge is 0.331 e. The van der Waals surface area contributed by atoms with Crippen molar-refractivity contribution in [1.82, 2.24) is 30.8 Å². The Kier molecular flexibility index (Phi) is 15.9. The first kappa shape index (κ1) is 48.1. The number of ether oxygens (including phenoxy) is 3. The third-order valence-corrected chi connectivity index (χ3v) is 11.4. The molecule has 0 aromatic heterocycles. The molecule has 4 heterocycles. The van der Waals surface area contributed by atoms with Crippen LogP contribution in [0.5, 0.6) is 0 Å². The van der Waals surface area contributed by atoms with Crippen LogP contribution in [0, 0.1) is 17.8 Å². The van der Waals surface area contributed by atoms with Crippen LogP contribution in [0.25, 0.3) is 0 Å². The number of esters is 1. The fourth-order valence-electron chi connectivity index (χ4n) is 7.65. The monoisotopic (exact) mass is 852 g/mol. The van der Waals surface area contributed by atoms with Crippen molar-refractivity contribution in [3.05, 3.63) is 0 Å². The average Bonchev–Trinajstić information content (AvgIpc) is 3.21. The molecule has 0 spiro atoms. The van der Waals surface area contributed by atoms with E-state index in [0.29, 0.717) is 17.3 Å². The van der Waals surface area contributed by atoms with Crippen molar-refractivity contribution in [1.29, 1.82) is 0 Å². The molecule has 4 aliphatic rings. The molecular weight excluding hydrogens is 792 g/mol. The van der Waals surface area contributed by atoms with Gasteiger partial charge in [0.1, 0.15) is 24.2 Å². The molecule has 6 amide bonds. The Labute approximate surface area is 348 Å². The summed E-state index contributed by atoms with van der Waals surface area (Å²) < 4.78 is 16.8. The van der Waals surface area contributed by atoms with Gasteiger partial charge in [-0.25, -0.2) is 24.9 Å². The Bertz CT molecular complexity index is 1690. The lowest BCUT2D eigenvalue weighted by Crippen LogP contribution is -2.68. The number of nitrogens with zero attached hydrogens (tertiary/aromatic N) is 6. The number of hydrogen-bond donors (Lipinski definition) is 6. The first-order valence-electron chi connectivity index (χ1n) is 20.2. The minimum Gasteiger partial charge on any atom is -0.458 e. The maximum absolute atomic E-state index is 14.8. The molecule has 0 saturated carbocycles. The highest BCUT2D eigenvalue weighted by Crippen LogP contribution is 2.40. The number of hydrogen-bond acceptors (Lipinski definition) is 16. The van der Waals surface area contributed by atoms with Crippen LogP contribution in [-0.4, -0.2) is 169 Å². The molecule has 60 heavy (non-hydrogen) atoms. The molecule has 0 bridgehead atoms. The van der Waals surface area contributed by atoms with Gasteiger partial charge in [0.15, 0.2) is 17.7 Å². The third kappa shape index (κ3) is 10.3. The van der Waals surface area contributed by atoms with E-state index < -0.39 is 114 Å². The van der Waals surface area contributed by atoms with Gasteiger partial charge in [0, 0.05) is 26.0 Å². The van der Waals surface area contributed by atoms with Crippen molar-refractivity contribution in [2.45, 2.75) is 147 Å². The Morgan fingerprint density at radius 3 is 2.12 bits per heavy atom. The standard InChI is InChI=1S/C38H60N8O14/c1-20(2)17-24-13-14-38(55,60-23(24)6)37(7,54)36(53)42-29-30(21(3)4)59-35(52)22(5)45(56)32(49)25-11-9-15-40-43(25)28(47)18-39-31(48)27(19-58-8)46(57)33(50)26-12-10-16-41-44(26)34(29)51/h15-16,20-27,29-30,54-57H,9-14,17-19H2,1-8H3,(H,39,48)(H,42,53)/t22-,23+,24+,25+,26-,27+,29+,30+,37+,38+/m1/s1. The second kappa shape index (κ2) is 19.8. The average molecular weight is 853 g/mol. The van der Waals surface area contributed by atoms with E-state index in [1.54, 1.807) is 6.92 Å². The lowest BCUT2D eigenvalue weighted by atomic mass is 9.79. The highest BCUT2D eigenvalue weighted by Gasteiger charge is 2.57. The summed E-state index contributed by atoms with van der Waals surface area (Å²) in [7, 11) is 1.18. The van der Waals surface area contributed by atoms with Crippen LogP contribution in [0.1, 0.15) is 93.4 Å². The molecule has 0 aromatic rings. The maximum Gasteiger partial charge on any atom is 0.331 e. The fourth-order valence-corrected chi connectivity index (χ4v) is 7.65. The van der Waals surface area contributed by atoms with Gasteiger partial charge < -0.3 is 35.1 Å². The summed E-state index contributed by atoms with van der Waals surface area (Å²) in [4.78, 5) is 97.2. The van der Waals surface area contributed by atoms with Crippen molar-refractivity contribution in [3.8, 4) is 0 Å². The van der Waals surface area contributed by atoms with Gasteiger partial charge in [-0.2, -0.15) is 10.2 Å². The van der Waals surface area contributed by atoms with E-state index in [4.69, 9.17) is 14.2 Å². The molecule has 4 rings (SSSR count). The van der Waals surface area contributed by atoms with Crippen LogP contribution >= 0.6 is 0 Å². The van der Waals surface area contributed by atoms with Crippen LogP contribution in [0.2, 0.25) is 0 Å². The van der Waals surface area contributed by atoms with Gasteiger partial charge in [-0.3, -0.25) is 39.2 Å².